The number of halogens is 1. The second-order valence-corrected chi connectivity index (χ2v) is 4.89. The Morgan fingerprint density at radius 3 is 2.60 bits per heavy atom. The number of hydrogen-bond donors (Lipinski definition) is 2. The molecule has 0 aromatic heterocycles. The third kappa shape index (κ3) is 6.34. The summed E-state index contributed by atoms with van der Waals surface area (Å²) in [6.45, 7) is -0.358. The van der Waals surface area contributed by atoms with Crippen molar-refractivity contribution in [1.82, 2.24) is 10.9 Å². The zero-order chi connectivity index (χ0) is 18.1. The van der Waals surface area contributed by atoms with E-state index in [2.05, 4.69) is 10.9 Å². The predicted octanol–water partition coefficient (Wildman–Crippen LogP) is 2.07. The maximum absolute atomic E-state index is 13.0. The molecular weight excluding hydrogens is 327 g/mol. The molecule has 0 aliphatic rings. The third-order valence-corrected chi connectivity index (χ3v) is 3.01. The van der Waals surface area contributed by atoms with Crippen molar-refractivity contribution in [2.75, 3.05) is 13.7 Å². The minimum atomic E-state index is -0.576. The van der Waals surface area contributed by atoms with Crippen LogP contribution in [0.2, 0.25) is 0 Å². The number of hydrazine groups is 1. The van der Waals surface area contributed by atoms with Gasteiger partial charge in [0.15, 0.2) is 6.61 Å². The Kier molecular flexibility index (Phi) is 6.53. The summed E-state index contributed by atoms with van der Waals surface area (Å²) < 4.78 is 23.1. The van der Waals surface area contributed by atoms with Gasteiger partial charge >= 0.3 is 0 Å². The second kappa shape index (κ2) is 9.07. The molecule has 0 fully saturated rings. The third-order valence-electron chi connectivity index (χ3n) is 3.01. The van der Waals surface area contributed by atoms with E-state index in [0.29, 0.717) is 5.75 Å². The summed E-state index contributed by atoms with van der Waals surface area (Å²) in [5.74, 6) is -0.659. The van der Waals surface area contributed by atoms with Gasteiger partial charge in [0.25, 0.3) is 11.8 Å². The zero-order valence-electron chi connectivity index (χ0n) is 13.5. The minimum absolute atomic E-state index is 0.222. The summed E-state index contributed by atoms with van der Waals surface area (Å²) in [7, 11) is 1.55. The molecule has 2 aromatic rings. The highest BCUT2D eigenvalue weighted by atomic mass is 19.1. The van der Waals surface area contributed by atoms with Crippen molar-refractivity contribution in [3.05, 3.63) is 66.0 Å². The van der Waals surface area contributed by atoms with Gasteiger partial charge < -0.3 is 9.47 Å². The summed E-state index contributed by atoms with van der Waals surface area (Å²) in [5, 5.41) is 0. The standard InChI is InChI=1S/C18H17FN2O4/c1-24-15-6-2-4-13(10-15)8-9-17(22)20-21-18(23)12-25-16-7-3-5-14(19)11-16/h2-11H,12H2,1H3,(H,20,22)(H,21,23). The van der Waals surface area contributed by atoms with E-state index >= 15 is 0 Å². The molecule has 0 unspecified atom stereocenters. The van der Waals surface area contributed by atoms with Gasteiger partial charge in [-0.15, -0.1) is 0 Å². The molecule has 2 amide bonds. The number of rotatable bonds is 6. The van der Waals surface area contributed by atoms with E-state index in [1.807, 2.05) is 0 Å². The highest BCUT2D eigenvalue weighted by Crippen LogP contribution is 2.13. The van der Waals surface area contributed by atoms with Crippen molar-refractivity contribution >= 4 is 17.9 Å². The molecule has 0 atom stereocenters. The molecule has 0 heterocycles. The zero-order valence-corrected chi connectivity index (χ0v) is 13.5. The molecule has 2 aromatic carbocycles. The molecule has 7 heteroatoms. The molecule has 0 spiro atoms. The fourth-order valence-electron chi connectivity index (χ4n) is 1.83. The van der Waals surface area contributed by atoms with Gasteiger partial charge in [-0.05, 0) is 35.9 Å². The maximum Gasteiger partial charge on any atom is 0.276 e. The monoisotopic (exact) mass is 344 g/mol. The lowest BCUT2D eigenvalue weighted by Gasteiger charge is -2.07. The van der Waals surface area contributed by atoms with E-state index in [0.717, 1.165) is 11.6 Å². The van der Waals surface area contributed by atoms with E-state index in [4.69, 9.17) is 9.47 Å². The molecule has 2 rings (SSSR count). The van der Waals surface area contributed by atoms with Crippen LogP contribution in [0.25, 0.3) is 6.08 Å². The topological polar surface area (TPSA) is 76.7 Å². The van der Waals surface area contributed by atoms with Gasteiger partial charge in [-0.3, -0.25) is 20.4 Å². The van der Waals surface area contributed by atoms with Crippen LogP contribution in [0, 0.1) is 5.82 Å². The van der Waals surface area contributed by atoms with Crippen molar-refractivity contribution in [1.29, 1.82) is 0 Å². The first-order valence-corrected chi connectivity index (χ1v) is 7.36. The number of ether oxygens (including phenoxy) is 2. The van der Waals surface area contributed by atoms with E-state index in [1.165, 1.54) is 24.3 Å². The van der Waals surface area contributed by atoms with E-state index < -0.39 is 17.6 Å². The van der Waals surface area contributed by atoms with Gasteiger partial charge in [0, 0.05) is 12.1 Å². The lowest BCUT2D eigenvalue weighted by Crippen LogP contribution is -2.43. The fourth-order valence-corrected chi connectivity index (χ4v) is 1.83. The summed E-state index contributed by atoms with van der Waals surface area (Å²) in [5.41, 5.74) is 5.18. The lowest BCUT2D eigenvalue weighted by molar-refractivity contribution is -0.128. The predicted molar refractivity (Wildman–Crippen MR) is 90.2 cm³/mol. The van der Waals surface area contributed by atoms with Gasteiger partial charge in [0.05, 0.1) is 7.11 Å². The Morgan fingerprint density at radius 2 is 1.84 bits per heavy atom. The van der Waals surface area contributed by atoms with Gasteiger partial charge in [0.2, 0.25) is 0 Å². The number of nitrogens with one attached hydrogen (secondary N) is 2. The molecule has 0 radical (unpaired) electrons. The number of benzene rings is 2. The number of carbonyl (C=O) groups excluding carboxylic acids is 2. The van der Waals surface area contributed by atoms with Crippen LogP contribution in [-0.4, -0.2) is 25.5 Å². The molecule has 25 heavy (non-hydrogen) atoms. The molecule has 0 saturated heterocycles. The van der Waals surface area contributed by atoms with Crippen molar-refractivity contribution in [2.45, 2.75) is 0 Å². The summed E-state index contributed by atoms with van der Waals surface area (Å²) >= 11 is 0. The number of carbonyl (C=O) groups is 2. The Hall–Kier alpha value is -3.35. The molecule has 0 saturated carbocycles. The van der Waals surface area contributed by atoms with Crippen molar-refractivity contribution in [3.8, 4) is 11.5 Å². The summed E-state index contributed by atoms with van der Waals surface area (Å²) in [4.78, 5) is 23.2. The summed E-state index contributed by atoms with van der Waals surface area (Å²) in [6.07, 6.45) is 2.84. The van der Waals surface area contributed by atoms with E-state index in [1.54, 1.807) is 37.5 Å². The van der Waals surface area contributed by atoms with Crippen LogP contribution in [0.5, 0.6) is 11.5 Å². The molecule has 0 aliphatic heterocycles. The average molecular weight is 344 g/mol. The van der Waals surface area contributed by atoms with Crippen LogP contribution in [0.4, 0.5) is 4.39 Å². The van der Waals surface area contributed by atoms with Crippen LogP contribution in [0.15, 0.2) is 54.6 Å². The largest absolute Gasteiger partial charge is 0.497 e. The molecule has 130 valence electrons. The molecular formula is C18H17FN2O4. The van der Waals surface area contributed by atoms with Crippen LogP contribution >= 0.6 is 0 Å². The van der Waals surface area contributed by atoms with Gasteiger partial charge in [0.1, 0.15) is 17.3 Å². The van der Waals surface area contributed by atoms with Gasteiger partial charge in [-0.1, -0.05) is 18.2 Å². The minimum Gasteiger partial charge on any atom is -0.497 e. The van der Waals surface area contributed by atoms with E-state index in [-0.39, 0.29) is 12.4 Å². The highest BCUT2D eigenvalue weighted by molar-refractivity contribution is 5.93. The SMILES string of the molecule is COc1cccc(C=CC(=O)NNC(=O)COc2cccc(F)c2)c1. The fraction of sp³-hybridized carbons (Fsp3) is 0.111. The van der Waals surface area contributed by atoms with Crippen LogP contribution < -0.4 is 20.3 Å². The average Bonchev–Trinajstić information content (AvgIpc) is 2.63. The van der Waals surface area contributed by atoms with Crippen molar-refractivity contribution in [3.63, 3.8) is 0 Å². The quantitative estimate of drug-likeness (QED) is 0.621. The van der Waals surface area contributed by atoms with Crippen molar-refractivity contribution in [2.24, 2.45) is 0 Å². The maximum atomic E-state index is 13.0. The first-order chi connectivity index (χ1) is 12.1. The Bertz CT molecular complexity index is 777. The van der Waals surface area contributed by atoms with Crippen molar-refractivity contribution < 1.29 is 23.5 Å². The smallest absolute Gasteiger partial charge is 0.276 e. The normalized spacial score (nSPS) is 10.3. The first kappa shape index (κ1) is 18.0. The second-order valence-electron chi connectivity index (χ2n) is 4.89. The summed E-state index contributed by atoms with van der Waals surface area (Å²) in [6, 6.07) is 12.6. The van der Waals surface area contributed by atoms with Gasteiger partial charge in [-0.25, -0.2) is 4.39 Å². The van der Waals surface area contributed by atoms with E-state index in [9.17, 15) is 14.0 Å². The Labute approximate surface area is 144 Å². The number of amides is 2. The molecule has 6 nitrogen and oxygen atoms in total. The Morgan fingerprint density at radius 1 is 1.08 bits per heavy atom. The number of hydrogen-bond acceptors (Lipinski definition) is 4. The molecule has 0 aliphatic carbocycles. The Balaban J connectivity index is 1.75. The van der Waals surface area contributed by atoms with Gasteiger partial charge in [-0.2, -0.15) is 0 Å². The lowest BCUT2D eigenvalue weighted by atomic mass is 10.2. The van der Waals surface area contributed by atoms with Crippen LogP contribution in [0.1, 0.15) is 5.56 Å². The first-order valence-electron chi connectivity index (χ1n) is 7.36. The molecule has 0 bridgehead atoms. The highest BCUT2D eigenvalue weighted by Gasteiger charge is 2.04. The molecule has 2 N–H and O–H groups in total. The van der Waals surface area contributed by atoms with Crippen LogP contribution in [0.3, 0.4) is 0 Å². The number of methoxy groups -OCH3 is 1. The van der Waals surface area contributed by atoms with Crippen LogP contribution in [-0.2, 0) is 9.59 Å².